The number of hydrogen-bond acceptors (Lipinski definition) is 7. The Labute approximate surface area is 95.1 Å². The minimum absolute atomic E-state index is 0.159. The number of anilines is 1. The maximum Gasteiger partial charge on any atom is 0.358 e. The summed E-state index contributed by atoms with van der Waals surface area (Å²) in [6, 6.07) is 0. The first-order valence-electron chi connectivity index (χ1n) is 4.32. The van der Waals surface area contributed by atoms with Crippen LogP contribution < -0.4 is 5.73 Å². The number of carbonyl (C=O) groups is 1. The summed E-state index contributed by atoms with van der Waals surface area (Å²) in [6.07, 6.45) is 4.48. The van der Waals surface area contributed by atoms with Gasteiger partial charge < -0.3 is 10.5 Å². The molecule has 6 nitrogen and oxygen atoms in total. The minimum Gasteiger partial charge on any atom is -0.464 e. The highest BCUT2D eigenvalue weighted by Gasteiger charge is 2.10. The Morgan fingerprint density at radius 1 is 1.44 bits per heavy atom. The van der Waals surface area contributed by atoms with E-state index in [2.05, 4.69) is 19.7 Å². The van der Waals surface area contributed by atoms with Gasteiger partial charge in [0, 0.05) is 6.20 Å². The zero-order chi connectivity index (χ0) is 11.5. The van der Waals surface area contributed by atoms with Crippen molar-refractivity contribution in [1.29, 1.82) is 0 Å². The molecule has 0 radical (unpaired) electrons. The van der Waals surface area contributed by atoms with Gasteiger partial charge in [-0.2, -0.15) is 0 Å². The van der Waals surface area contributed by atoms with Crippen molar-refractivity contribution in [1.82, 2.24) is 15.0 Å². The number of methoxy groups -OCH3 is 1. The van der Waals surface area contributed by atoms with Crippen LogP contribution in [0.4, 0.5) is 5.13 Å². The van der Waals surface area contributed by atoms with Gasteiger partial charge in [0.25, 0.3) is 0 Å². The Morgan fingerprint density at radius 2 is 2.25 bits per heavy atom. The topological polar surface area (TPSA) is 91.0 Å². The van der Waals surface area contributed by atoms with Crippen LogP contribution in [-0.4, -0.2) is 28.0 Å². The third-order valence-corrected chi connectivity index (χ3v) is 2.65. The van der Waals surface area contributed by atoms with E-state index in [1.165, 1.54) is 24.6 Å². The number of nitrogens with two attached hydrogens (primary N) is 1. The van der Waals surface area contributed by atoms with Crippen molar-refractivity contribution in [2.75, 3.05) is 12.8 Å². The van der Waals surface area contributed by atoms with Crippen molar-refractivity contribution >= 4 is 22.4 Å². The number of rotatable bonds is 2. The van der Waals surface area contributed by atoms with Crippen LogP contribution in [0, 0.1) is 0 Å². The van der Waals surface area contributed by atoms with Gasteiger partial charge in [0.05, 0.1) is 24.4 Å². The molecule has 0 amide bonds. The standard InChI is InChI=1S/C9H8N4O2S/c1-15-8(14)6-3-11-2-5(13-6)7-4-12-9(10)16-7/h2-4H,1H3,(H2,10,12). The van der Waals surface area contributed by atoms with Crippen LogP contribution in [0.15, 0.2) is 18.6 Å². The van der Waals surface area contributed by atoms with Crippen molar-refractivity contribution < 1.29 is 9.53 Å². The molecular formula is C9H8N4O2S. The molecule has 0 fully saturated rings. The molecule has 0 aliphatic heterocycles. The maximum atomic E-state index is 11.2. The van der Waals surface area contributed by atoms with Gasteiger partial charge in [-0.3, -0.25) is 4.98 Å². The van der Waals surface area contributed by atoms with Crippen LogP contribution in [0.3, 0.4) is 0 Å². The molecule has 0 saturated heterocycles. The summed E-state index contributed by atoms with van der Waals surface area (Å²) in [5.41, 5.74) is 6.22. The molecule has 0 atom stereocenters. The third kappa shape index (κ3) is 1.98. The van der Waals surface area contributed by atoms with E-state index >= 15 is 0 Å². The first-order chi connectivity index (χ1) is 7.70. The molecule has 7 heteroatoms. The van der Waals surface area contributed by atoms with Crippen molar-refractivity contribution in [3.63, 3.8) is 0 Å². The zero-order valence-corrected chi connectivity index (χ0v) is 9.19. The number of esters is 1. The van der Waals surface area contributed by atoms with Gasteiger partial charge in [-0.25, -0.2) is 14.8 Å². The SMILES string of the molecule is COC(=O)c1cncc(-c2cnc(N)s2)n1. The van der Waals surface area contributed by atoms with E-state index in [1.807, 2.05) is 0 Å². The minimum atomic E-state index is -0.521. The molecule has 2 rings (SSSR count). The number of aromatic nitrogens is 3. The normalized spacial score (nSPS) is 10.1. The fourth-order valence-electron chi connectivity index (χ4n) is 1.09. The van der Waals surface area contributed by atoms with Gasteiger partial charge in [-0.15, -0.1) is 0 Å². The lowest BCUT2D eigenvalue weighted by atomic mass is 10.3. The average Bonchev–Trinajstić information content (AvgIpc) is 2.75. The number of nitrogen functional groups attached to an aromatic ring is 1. The first kappa shape index (κ1) is 10.5. The number of carbonyl (C=O) groups excluding carboxylic acids is 1. The molecule has 82 valence electrons. The monoisotopic (exact) mass is 236 g/mol. The molecule has 0 unspecified atom stereocenters. The number of thiazole rings is 1. The summed E-state index contributed by atoms with van der Waals surface area (Å²) in [5, 5.41) is 0.445. The van der Waals surface area contributed by atoms with E-state index < -0.39 is 5.97 Å². The molecule has 2 aromatic rings. The highest BCUT2D eigenvalue weighted by molar-refractivity contribution is 7.18. The number of nitrogens with zero attached hydrogens (tertiary/aromatic N) is 3. The fourth-order valence-corrected chi connectivity index (χ4v) is 1.73. The molecule has 2 N–H and O–H groups in total. The Morgan fingerprint density at radius 3 is 2.88 bits per heavy atom. The van der Waals surface area contributed by atoms with Crippen molar-refractivity contribution in [2.45, 2.75) is 0 Å². The summed E-state index contributed by atoms with van der Waals surface area (Å²) in [7, 11) is 1.29. The number of hydrogen-bond donors (Lipinski definition) is 1. The highest BCUT2D eigenvalue weighted by atomic mass is 32.1. The van der Waals surface area contributed by atoms with Gasteiger partial charge in [0.2, 0.25) is 0 Å². The molecule has 0 saturated carbocycles. The van der Waals surface area contributed by atoms with Crippen LogP contribution in [0.25, 0.3) is 10.6 Å². The van der Waals surface area contributed by atoms with E-state index in [9.17, 15) is 4.79 Å². The van der Waals surface area contributed by atoms with Crippen molar-refractivity contribution in [3.8, 4) is 10.6 Å². The predicted molar refractivity (Wildman–Crippen MR) is 58.9 cm³/mol. The second kappa shape index (κ2) is 4.23. The largest absolute Gasteiger partial charge is 0.464 e. The zero-order valence-electron chi connectivity index (χ0n) is 8.38. The summed E-state index contributed by atoms with van der Waals surface area (Å²) in [4.78, 5) is 23.9. The fraction of sp³-hybridized carbons (Fsp3) is 0.111. The Balaban J connectivity index is 2.39. The Kier molecular flexibility index (Phi) is 2.78. The van der Waals surface area contributed by atoms with Gasteiger partial charge in [-0.05, 0) is 0 Å². The second-order valence-corrected chi connectivity index (χ2v) is 3.91. The average molecular weight is 236 g/mol. The molecule has 0 aromatic carbocycles. The molecule has 2 aromatic heterocycles. The molecule has 0 aliphatic carbocycles. The molecular weight excluding hydrogens is 228 g/mol. The first-order valence-corrected chi connectivity index (χ1v) is 5.14. The molecule has 0 aliphatic rings. The van der Waals surface area contributed by atoms with Crippen molar-refractivity contribution in [3.05, 3.63) is 24.3 Å². The quantitative estimate of drug-likeness (QED) is 0.781. The summed E-state index contributed by atoms with van der Waals surface area (Å²) >= 11 is 1.28. The molecule has 2 heterocycles. The van der Waals surface area contributed by atoms with Gasteiger partial charge in [0.1, 0.15) is 5.69 Å². The van der Waals surface area contributed by atoms with Crippen molar-refractivity contribution in [2.24, 2.45) is 0 Å². The summed E-state index contributed by atoms with van der Waals surface area (Å²) in [6.45, 7) is 0. The smallest absolute Gasteiger partial charge is 0.358 e. The third-order valence-electron chi connectivity index (χ3n) is 1.81. The van der Waals surface area contributed by atoms with Crippen LogP contribution in [-0.2, 0) is 4.74 Å². The van der Waals surface area contributed by atoms with Gasteiger partial charge >= 0.3 is 5.97 Å². The van der Waals surface area contributed by atoms with E-state index in [0.717, 1.165) is 4.88 Å². The Hall–Kier alpha value is -2.02. The van der Waals surface area contributed by atoms with E-state index in [-0.39, 0.29) is 5.69 Å². The van der Waals surface area contributed by atoms with Crippen LogP contribution in [0.1, 0.15) is 10.5 Å². The van der Waals surface area contributed by atoms with Gasteiger partial charge in [0.15, 0.2) is 10.8 Å². The van der Waals surface area contributed by atoms with Crippen LogP contribution in [0.5, 0.6) is 0 Å². The van der Waals surface area contributed by atoms with E-state index in [1.54, 1.807) is 12.4 Å². The Bertz CT molecular complexity index is 526. The van der Waals surface area contributed by atoms with E-state index in [0.29, 0.717) is 10.8 Å². The molecule has 0 bridgehead atoms. The lowest BCUT2D eigenvalue weighted by Crippen LogP contribution is -2.05. The maximum absolute atomic E-state index is 11.2. The molecule has 0 spiro atoms. The van der Waals surface area contributed by atoms with Crippen LogP contribution in [0.2, 0.25) is 0 Å². The second-order valence-electron chi connectivity index (χ2n) is 2.84. The lowest BCUT2D eigenvalue weighted by Gasteiger charge is -1.99. The highest BCUT2D eigenvalue weighted by Crippen LogP contribution is 2.24. The lowest BCUT2D eigenvalue weighted by molar-refractivity contribution is 0.0593. The predicted octanol–water partition coefficient (Wildman–Crippen LogP) is 0.969. The van der Waals surface area contributed by atoms with E-state index in [4.69, 9.17) is 5.73 Å². The van der Waals surface area contributed by atoms with Crippen LogP contribution >= 0.6 is 11.3 Å². The summed E-state index contributed by atoms with van der Waals surface area (Å²) < 4.78 is 4.55. The summed E-state index contributed by atoms with van der Waals surface area (Å²) in [5.74, 6) is -0.521. The number of ether oxygens (including phenoxy) is 1. The van der Waals surface area contributed by atoms with Gasteiger partial charge in [-0.1, -0.05) is 11.3 Å². The molecule has 16 heavy (non-hydrogen) atoms.